The second-order valence-electron chi connectivity index (χ2n) is 4.49. The highest BCUT2D eigenvalue weighted by atomic mass is 19.3. The van der Waals surface area contributed by atoms with Gasteiger partial charge in [0.05, 0.1) is 12.1 Å². The van der Waals surface area contributed by atoms with Crippen molar-refractivity contribution in [2.75, 3.05) is 6.61 Å². The lowest BCUT2D eigenvalue weighted by Crippen LogP contribution is -2.45. The number of benzene rings is 1. The van der Waals surface area contributed by atoms with Crippen molar-refractivity contribution in [3.63, 3.8) is 0 Å². The normalized spacial score (nSPS) is 18.1. The monoisotopic (exact) mass is 227 g/mol. The smallest absolute Gasteiger partial charge is 0.256 e. The Morgan fingerprint density at radius 2 is 2.25 bits per heavy atom. The van der Waals surface area contributed by atoms with Gasteiger partial charge in [-0.05, 0) is 24.5 Å². The van der Waals surface area contributed by atoms with Gasteiger partial charge in [0.25, 0.3) is 6.43 Å². The van der Waals surface area contributed by atoms with Crippen molar-refractivity contribution in [3.05, 3.63) is 29.3 Å². The Balaban J connectivity index is 2.26. The number of nitrogens with two attached hydrogens (primary N) is 1. The molecule has 1 heterocycles. The molecule has 0 bridgehead atoms. The van der Waals surface area contributed by atoms with E-state index in [9.17, 15) is 8.78 Å². The Labute approximate surface area is 93.4 Å². The summed E-state index contributed by atoms with van der Waals surface area (Å²) in [7, 11) is 0. The maximum Gasteiger partial charge on any atom is 0.256 e. The van der Waals surface area contributed by atoms with Gasteiger partial charge in [0.15, 0.2) is 0 Å². The van der Waals surface area contributed by atoms with Crippen LogP contribution in [0.5, 0.6) is 5.75 Å². The first-order chi connectivity index (χ1) is 7.50. The lowest BCUT2D eigenvalue weighted by atomic mass is 9.93. The summed E-state index contributed by atoms with van der Waals surface area (Å²) in [6.07, 6.45) is -1.56. The maximum atomic E-state index is 12.7. The Morgan fingerprint density at radius 1 is 1.50 bits per heavy atom. The first kappa shape index (κ1) is 11.3. The highest BCUT2D eigenvalue weighted by molar-refractivity contribution is 5.44. The summed E-state index contributed by atoms with van der Waals surface area (Å²) < 4.78 is 30.8. The SMILES string of the molecule is CC(N)(Cc1cccc2c1OCC2)C(F)F. The van der Waals surface area contributed by atoms with Crippen LogP contribution in [0.2, 0.25) is 0 Å². The number of hydrogen-bond acceptors (Lipinski definition) is 2. The van der Waals surface area contributed by atoms with Crippen LogP contribution < -0.4 is 10.5 Å². The zero-order valence-corrected chi connectivity index (χ0v) is 9.17. The first-order valence-corrected chi connectivity index (χ1v) is 5.31. The molecule has 0 aliphatic carbocycles. The average molecular weight is 227 g/mol. The van der Waals surface area contributed by atoms with Crippen LogP contribution in [-0.4, -0.2) is 18.6 Å². The third-order valence-corrected chi connectivity index (χ3v) is 2.87. The van der Waals surface area contributed by atoms with Gasteiger partial charge in [0.2, 0.25) is 0 Å². The number of alkyl halides is 2. The first-order valence-electron chi connectivity index (χ1n) is 5.31. The molecule has 2 rings (SSSR count). The van der Waals surface area contributed by atoms with Crippen molar-refractivity contribution in [2.45, 2.75) is 31.7 Å². The van der Waals surface area contributed by atoms with E-state index in [2.05, 4.69) is 0 Å². The van der Waals surface area contributed by atoms with Gasteiger partial charge in [-0.2, -0.15) is 0 Å². The van der Waals surface area contributed by atoms with Crippen LogP contribution in [-0.2, 0) is 12.8 Å². The third kappa shape index (κ3) is 2.02. The minimum absolute atomic E-state index is 0.133. The van der Waals surface area contributed by atoms with E-state index in [4.69, 9.17) is 10.5 Å². The molecular formula is C12H15F2NO. The molecule has 0 saturated heterocycles. The van der Waals surface area contributed by atoms with Crippen molar-refractivity contribution in [1.82, 2.24) is 0 Å². The van der Waals surface area contributed by atoms with Crippen LogP contribution in [0.1, 0.15) is 18.1 Å². The standard InChI is InChI=1S/C12H15F2NO/c1-12(15,11(13)14)7-9-4-2-3-8-5-6-16-10(8)9/h2-4,11H,5-7,15H2,1H3. The summed E-state index contributed by atoms with van der Waals surface area (Å²) in [5.74, 6) is 0.750. The average Bonchev–Trinajstić information content (AvgIpc) is 2.65. The molecule has 2 nitrogen and oxygen atoms in total. The molecule has 88 valence electrons. The maximum absolute atomic E-state index is 12.7. The van der Waals surface area contributed by atoms with Crippen LogP contribution in [0.15, 0.2) is 18.2 Å². The van der Waals surface area contributed by atoms with Gasteiger partial charge in [0.1, 0.15) is 5.75 Å². The van der Waals surface area contributed by atoms with Crippen LogP contribution in [0.25, 0.3) is 0 Å². The van der Waals surface area contributed by atoms with Crippen molar-refractivity contribution in [2.24, 2.45) is 5.73 Å². The zero-order chi connectivity index (χ0) is 11.8. The summed E-state index contributed by atoms with van der Waals surface area (Å²) in [6.45, 7) is 1.99. The van der Waals surface area contributed by atoms with Gasteiger partial charge in [-0.25, -0.2) is 8.78 Å². The second-order valence-corrected chi connectivity index (χ2v) is 4.49. The highest BCUT2D eigenvalue weighted by Gasteiger charge is 2.32. The molecule has 0 radical (unpaired) electrons. The molecule has 0 fully saturated rings. The fourth-order valence-corrected chi connectivity index (χ4v) is 1.91. The van der Waals surface area contributed by atoms with Gasteiger partial charge in [-0.3, -0.25) is 0 Å². The number of hydrogen-bond donors (Lipinski definition) is 1. The van der Waals surface area contributed by atoms with Crippen molar-refractivity contribution in [1.29, 1.82) is 0 Å². The molecule has 1 unspecified atom stereocenters. The van der Waals surface area contributed by atoms with Gasteiger partial charge < -0.3 is 10.5 Å². The van der Waals surface area contributed by atoms with Crippen LogP contribution in [0.4, 0.5) is 8.78 Å². The molecule has 1 aliphatic heterocycles. The summed E-state index contributed by atoms with van der Waals surface area (Å²) in [6, 6.07) is 5.63. The molecule has 0 spiro atoms. The highest BCUT2D eigenvalue weighted by Crippen LogP contribution is 2.32. The summed E-state index contributed by atoms with van der Waals surface area (Å²) in [5, 5.41) is 0. The van der Waals surface area contributed by atoms with Gasteiger partial charge in [-0.1, -0.05) is 18.2 Å². The van der Waals surface area contributed by atoms with E-state index < -0.39 is 12.0 Å². The van der Waals surface area contributed by atoms with E-state index in [1.165, 1.54) is 6.92 Å². The molecule has 4 heteroatoms. The second kappa shape index (κ2) is 4.01. The summed E-state index contributed by atoms with van der Waals surface area (Å²) in [4.78, 5) is 0. The van der Waals surface area contributed by atoms with E-state index in [0.29, 0.717) is 6.61 Å². The molecule has 16 heavy (non-hydrogen) atoms. The Morgan fingerprint density at radius 3 is 2.94 bits per heavy atom. The van der Waals surface area contributed by atoms with Crippen LogP contribution in [0, 0.1) is 0 Å². The number of para-hydroxylation sites is 1. The van der Waals surface area contributed by atoms with E-state index in [1.54, 1.807) is 6.07 Å². The van der Waals surface area contributed by atoms with E-state index in [0.717, 1.165) is 23.3 Å². The van der Waals surface area contributed by atoms with Gasteiger partial charge in [0, 0.05) is 6.42 Å². The number of fused-ring (bicyclic) bond motifs is 1. The molecule has 1 aromatic carbocycles. The minimum atomic E-state index is -2.54. The number of halogens is 2. The Hall–Kier alpha value is -1.16. The van der Waals surface area contributed by atoms with Crippen LogP contribution >= 0.6 is 0 Å². The molecular weight excluding hydrogens is 212 g/mol. The molecule has 0 saturated carbocycles. The van der Waals surface area contributed by atoms with E-state index >= 15 is 0 Å². The minimum Gasteiger partial charge on any atom is -0.493 e. The van der Waals surface area contributed by atoms with E-state index in [-0.39, 0.29) is 6.42 Å². The van der Waals surface area contributed by atoms with Crippen molar-refractivity contribution < 1.29 is 13.5 Å². The molecule has 2 N–H and O–H groups in total. The Bertz CT molecular complexity index is 391. The van der Waals surface area contributed by atoms with Gasteiger partial charge in [-0.15, -0.1) is 0 Å². The van der Waals surface area contributed by atoms with Crippen molar-refractivity contribution in [3.8, 4) is 5.75 Å². The zero-order valence-electron chi connectivity index (χ0n) is 9.17. The molecule has 1 aliphatic rings. The lowest BCUT2D eigenvalue weighted by Gasteiger charge is -2.24. The Kier molecular flexibility index (Phi) is 2.84. The predicted octanol–water partition coefficient (Wildman–Crippen LogP) is 2.15. The predicted molar refractivity (Wildman–Crippen MR) is 57.9 cm³/mol. The topological polar surface area (TPSA) is 35.2 Å². The van der Waals surface area contributed by atoms with Gasteiger partial charge >= 0.3 is 0 Å². The summed E-state index contributed by atoms with van der Waals surface area (Å²) in [5.41, 5.74) is 5.94. The number of ether oxygens (including phenoxy) is 1. The fourth-order valence-electron chi connectivity index (χ4n) is 1.91. The molecule has 1 atom stereocenters. The largest absolute Gasteiger partial charge is 0.493 e. The summed E-state index contributed by atoms with van der Waals surface area (Å²) >= 11 is 0. The third-order valence-electron chi connectivity index (χ3n) is 2.87. The van der Waals surface area contributed by atoms with E-state index in [1.807, 2.05) is 12.1 Å². The number of rotatable bonds is 3. The van der Waals surface area contributed by atoms with Crippen molar-refractivity contribution >= 4 is 0 Å². The molecule has 0 aromatic heterocycles. The van der Waals surface area contributed by atoms with Crippen LogP contribution in [0.3, 0.4) is 0 Å². The molecule has 1 aromatic rings. The lowest BCUT2D eigenvalue weighted by molar-refractivity contribution is 0.0636. The molecule has 0 amide bonds. The fraction of sp³-hybridized carbons (Fsp3) is 0.500. The quantitative estimate of drug-likeness (QED) is 0.858.